The summed E-state index contributed by atoms with van der Waals surface area (Å²) in [6.07, 6.45) is 0. The number of aryl methyl sites for hydroxylation is 1. The van der Waals surface area contributed by atoms with Crippen LogP contribution in [0, 0.1) is 0 Å². The van der Waals surface area contributed by atoms with E-state index in [-0.39, 0.29) is 24.7 Å². The van der Waals surface area contributed by atoms with E-state index in [2.05, 4.69) is 0 Å². The molecule has 1 heterocycles. The molecule has 18 heavy (non-hydrogen) atoms. The molecule has 3 nitrogen and oxygen atoms in total. The van der Waals surface area contributed by atoms with Crippen molar-refractivity contribution >= 4 is 24.3 Å². The van der Waals surface area contributed by atoms with Gasteiger partial charge >= 0.3 is 110 Å². The van der Waals surface area contributed by atoms with E-state index in [0.29, 0.717) is 5.52 Å². The summed E-state index contributed by atoms with van der Waals surface area (Å²) < 4.78 is 2.58. The molecule has 0 saturated heterocycles. The molecule has 0 spiro atoms. The number of phenolic OH excluding ortho intramolecular Hbond substituents is 1. The molecule has 0 saturated carbocycles. The molecular weight excluding hydrogens is 293 g/mol. The van der Waals surface area contributed by atoms with Gasteiger partial charge in [0, 0.05) is 0 Å². The Kier molecular flexibility index (Phi) is 2.62. The van der Waals surface area contributed by atoms with Crippen LogP contribution in [0.2, 0.25) is 0 Å². The monoisotopic (exact) mass is 305 g/mol. The molecule has 0 radical (unpaired) electrons. The van der Waals surface area contributed by atoms with Crippen LogP contribution in [0.15, 0.2) is 47.3 Å². The van der Waals surface area contributed by atoms with Crippen LogP contribution in [0.4, 0.5) is 0 Å². The molecule has 0 fully saturated rings. The number of hydrogen-bond donors (Lipinski definition) is 1. The first-order valence-corrected chi connectivity index (χ1v) is 7.26. The first-order valence-electron chi connectivity index (χ1n) is 5.55. The van der Waals surface area contributed by atoms with Gasteiger partial charge in [0.15, 0.2) is 0 Å². The van der Waals surface area contributed by atoms with Gasteiger partial charge in [0.25, 0.3) is 0 Å². The van der Waals surface area contributed by atoms with Crippen molar-refractivity contribution in [2.45, 2.75) is 0 Å². The predicted molar refractivity (Wildman–Crippen MR) is 73.2 cm³/mol. The summed E-state index contributed by atoms with van der Waals surface area (Å²) in [6, 6.07) is 13.6. The molecule has 2 aromatic carbocycles. The van der Waals surface area contributed by atoms with Gasteiger partial charge in [-0.25, -0.2) is 0 Å². The number of phenols is 1. The van der Waals surface area contributed by atoms with Crippen molar-refractivity contribution in [2.24, 2.45) is 7.05 Å². The molecule has 0 unspecified atom stereocenters. The number of nitrogens with zero attached hydrogens (tertiary/aromatic N) is 1. The van der Waals surface area contributed by atoms with E-state index in [9.17, 15) is 9.90 Å². The van der Waals surface area contributed by atoms with Crippen molar-refractivity contribution in [1.82, 2.24) is 4.57 Å². The second-order valence-corrected chi connectivity index (χ2v) is 6.22. The van der Waals surface area contributed by atoms with Crippen LogP contribution in [0.25, 0.3) is 20.9 Å². The Bertz CT molecular complexity index is 772. The molecule has 3 rings (SSSR count). The quantitative estimate of drug-likeness (QED) is 0.698. The molecule has 0 aliphatic rings. The van der Waals surface area contributed by atoms with Gasteiger partial charge < -0.3 is 0 Å². The van der Waals surface area contributed by atoms with Crippen LogP contribution in [0.1, 0.15) is 0 Å². The van der Waals surface area contributed by atoms with Crippen LogP contribution in [-0.4, -0.2) is 24.2 Å². The van der Waals surface area contributed by atoms with Gasteiger partial charge in [0.05, 0.1) is 0 Å². The normalized spacial score (nSPS) is 10.9. The van der Waals surface area contributed by atoms with Crippen LogP contribution in [-0.2, 0) is 7.05 Å². The van der Waals surface area contributed by atoms with Gasteiger partial charge in [0.1, 0.15) is 0 Å². The third kappa shape index (κ3) is 1.70. The van der Waals surface area contributed by atoms with Gasteiger partial charge in [0.2, 0.25) is 0 Å². The van der Waals surface area contributed by atoms with Crippen molar-refractivity contribution in [3.05, 3.63) is 51.7 Å². The molecule has 0 bridgehead atoms. The molecule has 0 amide bonds. The van der Waals surface area contributed by atoms with E-state index < -0.39 is 0 Å². The summed E-state index contributed by atoms with van der Waals surface area (Å²) in [5, 5.41) is 10.1. The van der Waals surface area contributed by atoms with Crippen molar-refractivity contribution in [1.29, 1.82) is 0 Å². The summed E-state index contributed by atoms with van der Waals surface area (Å²) in [5.74, 6) is 0.182. The summed E-state index contributed by atoms with van der Waals surface area (Å²) in [4.78, 5) is 11.7. The fraction of sp³-hybridized carbons (Fsp3) is 0.0714. The average molecular weight is 304 g/mol. The fourth-order valence-electron chi connectivity index (χ4n) is 2.06. The Morgan fingerprint density at radius 3 is 2.56 bits per heavy atom. The van der Waals surface area contributed by atoms with Crippen LogP contribution in [0.5, 0.6) is 5.75 Å². The van der Waals surface area contributed by atoms with E-state index in [1.807, 2.05) is 36.4 Å². The first kappa shape index (κ1) is 11.3. The number of fused-ring (bicyclic) bond motifs is 1. The summed E-state index contributed by atoms with van der Waals surface area (Å²) in [6.45, 7) is 0. The van der Waals surface area contributed by atoms with Gasteiger partial charge in [-0.1, -0.05) is 0 Å². The maximum atomic E-state index is 11.7. The van der Waals surface area contributed by atoms with E-state index >= 15 is 0 Å². The Balaban J connectivity index is 2.32. The Hall–Kier alpha value is -1.77. The predicted octanol–water partition coefficient (Wildman–Crippen LogP) is 1.97. The van der Waals surface area contributed by atoms with Gasteiger partial charge in [-0.15, -0.1) is 0 Å². The third-order valence-electron chi connectivity index (χ3n) is 2.97. The molecule has 0 aliphatic heterocycles. The standard InChI is InChI=1S/C14H11NO2Se/c1-15-13-11(16)7-10(8-12(13)18-14(15)17)9-5-3-2-4-6-9/h2-8,16H,1H3. The van der Waals surface area contributed by atoms with Crippen LogP contribution < -0.4 is 4.43 Å². The number of hydrogen-bond acceptors (Lipinski definition) is 2. The molecule has 0 atom stereocenters. The third-order valence-corrected chi connectivity index (χ3v) is 5.02. The Labute approximate surface area is 110 Å². The average Bonchev–Trinajstić information content (AvgIpc) is 2.66. The zero-order chi connectivity index (χ0) is 12.7. The van der Waals surface area contributed by atoms with Crippen molar-refractivity contribution in [3.8, 4) is 16.9 Å². The number of benzene rings is 2. The topological polar surface area (TPSA) is 42.2 Å². The van der Waals surface area contributed by atoms with Crippen molar-refractivity contribution in [2.75, 3.05) is 0 Å². The van der Waals surface area contributed by atoms with Gasteiger partial charge in [-0.3, -0.25) is 0 Å². The van der Waals surface area contributed by atoms with Gasteiger partial charge in [-0.2, -0.15) is 0 Å². The molecule has 90 valence electrons. The van der Waals surface area contributed by atoms with Crippen LogP contribution in [0.3, 0.4) is 0 Å². The van der Waals surface area contributed by atoms with E-state index in [1.54, 1.807) is 17.7 Å². The van der Waals surface area contributed by atoms with Crippen molar-refractivity contribution in [3.63, 3.8) is 0 Å². The maximum absolute atomic E-state index is 11.7. The Morgan fingerprint density at radius 1 is 1.11 bits per heavy atom. The minimum atomic E-state index is -0.230. The number of rotatable bonds is 1. The minimum absolute atomic E-state index is 0.0815. The van der Waals surface area contributed by atoms with E-state index in [1.165, 1.54) is 0 Å². The zero-order valence-corrected chi connectivity index (χ0v) is 11.5. The zero-order valence-electron chi connectivity index (χ0n) is 9.75. The molecule has 4 heteroatoms. The fourth-order valence-corrected chi connectivity index (χ4v) is 4.03. The Morgan fingerprint density at radius 2 is 1.83 bits per heavy atom. The molecule has 1 aromatic heterocycles. The molecule has 0 aliphatic carbocycles. The number of aromatic nitrogens is 1. The second-order valence-electron chi connectivity index (χ2n) is 4.14. The van der Waals surface area contributed by atoms with E-state index in [4.69, 9.17) is 0 Å². The summed E-state index contributed by atoms with van der Waals surface area (Å²) in [5.41, 5.74) is 2.67. The van der Waals surface area contributed by atoms with Crippen LogP contribution >= 0.6 is 0 Å². The molecule has 1 N–H and O–H groups in total. The second kappa shape index (κ2) is 4.16. The molecule has 3 aromatic rings. The number of aromatic hydroxyl groups is 1. The first-order chi connectivity index (χ1) is 8.66. The van der Waals surface area contributed by atoms with E-state index in [0.717, 1.165) is 15.4 Å². The van der Waals surface area contributed by atoms with Crippen molar-refractivity contribution < 1.29 is 5.11 Å². The van der Waals surface area contributed by atoms with Gasteiger partial charge in [-0.05, 0) is 0 Å². The summed E-state index contributed by atoms with van der Waals surface area (Å²) in [7, 11) is 1.71. The SMILES string of the molecule is Cn1c(=O)[se]c2cc(-c3ccccc3)cc(O)c21. The summed E-state index contributed by atoms with van der Waals surface area (Å²) >= 11 is -0.230. The molecular formula is C14H11NO2Se.